The van der Waals surface area contributed by atoms with Crippen molar-refractivity contribution in [1.82, 2.24) is 20.9 Å². The van der Waals surface area contributed by atoms with Gasteiger partial charge in [0.15, 0.2) is 0 Å². The molecule has 41 heavy (non-hydrogen) atoms. The number of hydrogen-bond donors (Lipinski definition) is 4. The fourth-order valence-electron chi connectivity index (χ4n) is 4.36. The van der Waals surface area contributed by atoms with E-state index in [4.69, 9.17) is 5.11 Å². The van der Waals surface area contributed by atoms with Crippen molar-refractivity contribution < 1.29 is 47.0 Å². The first-order valence-electron chi connectivity index (χ1n) is 13.3. The third kappa shape index (κ3) is 9.37. The molecule has 0 saturated carbocycles. The number of imide groups is 1. The number of aliphatic carboxylic acids is 1. The van der Waals surface area contributed by atoms with Crippen LogP contribution in [0, 0.1) is 5.92 Å². The summed E-state index contributed by atoms with van der Waals surface area (Å²) >= 11 is 0. The summed E-state index contributed by atoms with van der Waals surface area (Å²) in [7, 11) is 0. The molecular weight excluding hydrogens is 549 g/mol. The summed E-state index contributed by atoms with van der Waals surface area (Å²) in [5.41, 5.74) is 0.250. The van der Waals surface area contributed by atoms with E-state index in [1.54, 1.807) is 0 Å². The van der Waals surface area contributed by atoms with Crippen molar-refractivity contribution in [1.29, 1.82) is 0 Å². The Morgan fingerprint density at radius 1 is 1.00 bits per heavy atom. The zero-order valence-electron chi connectivity index (χ0n) is 23.0. The summed E-state index contributed by atoms with van der Waals surface area (Å²) < 4.78 is 40.3. The van der Waals surface area contributed by atoms with Crippen LogP contribution < -0.4 is 16.0 Å². The minimum Gasteiger partial charge on any atom is -0.481 e. The van der Waals surface area contributed by atoms with Crippen LogP contribution in [0.15, 0.2) is 24.3 Å². The van der Waals surface area contributed by atoms with Crippen molar-refractivity contribution >= 4 is 35.4 Å². The van der Waals surface area contributed by atoms with Crippen molar-refractivity contribution in [3.63, 3.8) is 0 Å². The fourth-order valence-corrected chi connectivity index (χ4v) is 4.36. The molecule has 1 heterocycles. The third-order valence-electron chi connectivity index (χ3n) is 6.52. The fraction of sp³-hybridized carbons (Fsp3) is 0.556. The van der Waals surface area contributed by atoms with Crippen LogP contribution in [0.25, 0.3) is 0 Å². The Bertz CT molecular complexity index is 1130. The second-order valence-corrected chi connectivity index (χ2v) is 10.1. The SMILES string of the molecule is CC(C)C(C(=O)C(F)(F)F)N(C(=O)[C@H](C)NC(=O)c1ccc(C(=O)NCCCCC(=O)O)cc1)C(=O)[C@@H]1CCCN1. The van der Waals surface area contributed by atoms with Crippen LogP contribution >= 0.6 is 0 Å². The van der Waals surface area contributed by atoms with Crippen molar-refractivity contribution in [3.05, 3.63) is 35.4 Å². The molecule has 1 fully saturated rings. The van der Waals surface area contributed by atoms with Gasteiger partial charge in [-0.25, -0.2) is 0 Å². The van der Waals surface area contributed by atoms with Crippen molar-refractivity contribution in [2.75, 3.05) is 13.1 Å². The van der Waals surface area contributed by atoms with E-state index in [-0.39, 0.29) is 30.5 Å². The number of unbranched alkanes of at least 4 members (excludes halogenated alkanes) is 1. The van der Waals surface area contributed by atoms with Crippen LogP contribution in [0.2, 0.25) is 0 Å². The van der Waals surface area contributed by atoms with Gasteiger partial charge in [0, 0.05) is 24.1 Å². The lowest BCUT2D eigenvalue weighted by atomic mass is 9.95. The minimum atomic E-state index is -5.30. The standard InChI is InChI=1S/C27H35F3N4O7/c1-15(2)21(22(37)27(28,29)30)34(26(41)19-7-6-14-31-19)25(40)16(3)33-24(39)18-11-9-17(10-12-18)23(38)32-13-5-4-8-20(35)36/h9-12,15-16,19,21,31H,4-8,13-14H2,1-3H3,(H,32,38)(H,33,39)(H,35,36)/t16-,19-,21?/m0/s1. The number of carboxylic acids is 1. The molecule has 1 unspecified atom stereocenters. The van der Waals surface area contributed by atoms with E-state index in [1.165, 1.54) is 45.0 Å². The molecule has 1 aliphatic heterocycles. The summed E-state index contributed by atoms with van der Waals surface area (Å²) in [6.45, 7) is 4.46. The van der Waals surface area contributed by atoms with Gasteiger partial charge in [-0.15, -0.1) is 0 Å². The maximum absolute atomic E-state index is 13.4. The average molecular weight is 585 g/mol. The van der Waals surface area contributed by atoms with Crippen molar-refractivity contribution in [2.24, 2.45) is 5.92 Å². The summed E-state index contributed by atoms with van der Waals surface area (Å²) in [6, 6.07) is 0.795. The van der Waals surface area contributed by atoms with E-state index in [0.717, 1.165) is 0 Å². The first-order chi connectivity index (χ1) is 19.1. The Labute approximate surface area is 235 Å². The topological polar surface area (TPSA) is 162 Å². The predicted octanol–water partition coefficient (Wildman–Crippen LogP) is 2.05. The molecule has 11 nitrogen and oxygen atoms in total. The monoisotopic (exact) mass is 584 g/mol. The summed E-state index contributed by atoms with van der Waals surface area (Å²) in [5, 5.41) is 16.4. The first kappa shape index (κ1) is 33.4. The van der Waals surface area contributed by atoms with Gasteiger partial charge in [-0.05, 0) is 69.3 Å². The molecule has 1 aromatic carbocycles. The number of rotatable bonds is 13. The first-order valence-corrected chi connectivity index (χ1v) is 13.3. The third-order valence-corrected chi connectivity index (χ3v) is 6.52. The van der Waals surface area contributed by atoms with Crippen molar-refractivity contribution in [3.8, 4) is 0 Å². The van der Waals surface area contributed by atoms with E-state index >= 15 is 0 Å². The number of carbonyl (C=O) groups is 6. The molecule has 1 aliphatic rings. The van der Waals surface area contributed by atoms with Crippen LogP contribution in [0.5, 0.6) is 0 Å². The number of Topliss-reactive ketones (excluding diaryl/α,β-unsaturated/α-hetero) is 1. The van der Waals surface area contributed by atoms with Crippen LogP contribution in [0.3, 0.4) is 0 Å². The number of nitrogens with one attached hydrogen (secondary N) is 3. The van der Waals surface area contributed by atoms with Gasteiger partial charge in [0.25, 0.3) is 23.5 Å². The van der Waals surface area contributed by atoms with Crippen LogP contribution in [0.1, 0.15) is 73.6 Å². The molecule has 4 N–H and O–H groups in total. The number of halogens is 3. The molecule has 14 heteroatoms. The lowest BCUT2D eigenvalue weighted by Gasteiger charge is -2.35. The molecule has 1 saturated heterocycles. The van der Waals surface area contributed by atoms with Gasteiger partial charge in [-0.3, -0.25) is 33.7 Å². The smallest absolute Gasteiger partial charge is 0.452 e. The van der Waals surface area contributed by atoms with Crippen LogP contribution in [-0.4, -0.2) is 82.8 Å². The summed E-state index contributed by atoms with van der Waals surface area (Å²) in [4.78, 5) is 74.8. The Kier molecular flexibility index (Phi) is 12.0. The molecule has 2 rings (SSSR count). The number of ketones is 1. The van der Waals surface area contributed by atoms with Gasteiger partial charge >= 0.3 is 12.1 Å². The van der Waals surface area contributed by atoms with Gasteiger partial charge in [-0.1, -0.05) is 13.8 Å². The van der Waals surface area contributed by atoms with Gasteiger partial charge in [0.1, 0.15) is 12.1 Å². The highest BCUT2D eigenvalue weighted by Gasteiger charge is 2.51. The van der Waals surface area contributed by atoms with E-state index in [0.29, 0.717) is 30.7 Å². The Morgan fingerprint density at radius 2 is 1.59 bits per heavy atom. The number of hydrogen-bond acceptors (Lipinski definition) is 7. The zero-order chi connectivity index (χ0) is 30.9. The number of amides is 4. The molecule has 226 valence electrons. The van der Waals surface area contributed by atoms with Gasteiger partial charge < -0.3 is 21.1 Å². The number of benzene rings is 1. The van der Waals surface area contributed by atoms with E-state index < -0.39 is 65.6 Å². The molecule has 0 spiro atoms. The lowest BCUT2D eigenvalue weighted by Crippen LogP contribution is -2.61. The normalized spacial score (nSPS) is 16.5. The highest BCUT2D eigenvalue weighted by Crippen LogP contribution is 2.26. The number of carboxylic acid groups (broad SMARTS) is 1. The van der Waals surface area contributed by atoms with Crippen LogP contribution in [-0.2, 0) is 19.2 Å². The summed E-state index contributed by atoms with van der Waals surface area (Å²) in [6.07, 6.45) is -3.61. The molecule has 4 amide bonds. The maximum atomic E-state index is 13.4. The van der Waals surface area contributed by atoms with E-state index in [1.807, 2.05) is 0 Å². The van der Waals surface area contributed by atoms with E-state index in [9.17, 15) is 41.9 Å². The second kappa shape index (κ2) is 14.7. The lowest BCUT2D eigenvalue weighted by molar-refractivity contribution is -0.181. The Balaban J connectivity index is 2.14. The predicted molar refractivity (Wildman–Crippen MR) is 140 cm³/mol. The molecule has 0 radical (unpaired) electrons. The number of nitrogens with zero attached hydrogens (tertiary/aromatic N) is 1. The molecule has 0 aromatic heterocycles. The number of carbonyl (C=O) groups excluding carboxylic acids is 5. The highest BCUT2D eigenvalue weighted by atomic mass is 19.4. The minimum absolute atomic E-state index is 0.0131. The van der Waals surface area contributed by atoms with Crippen LogP contribution in [0.4, 0.5) is 13.2 Å². The highest BCUT2D eigenvalue weighted by molar-refractivity contribution is 6.07. The Morgan fingerprint density at radius 3 is 2.07 bits per heavy atom. The maximum Gasteiger partial charge on any atom is 0.452 e. The largest absolute Gasteiger partial charge is 0.481 e. The summed E-state index contributed by atoms with van der Waals surface area (Å²) in [5.74, 6) is -7.59. The molecule has 1 aromatic rings. The molecule has 0 bridgehead atoms. The quantitative estimate of drug-likeness (QED) is 0.256. The number of alkyl halides is 3. The second-order valence-electron chi connectivity index (χ2n) is 10.1. The molecule has 3 atom stereocenters. The average Bonchev–Trinajstić information content (AvgIpc) is 3.44. The van der Waals surface area contributed by atoms with Gasteiger partial charge in [0.05, 0.1) is 6.04 Å². The molecule has 0 aliphatic carbocycles. The Hall–Kier alpha value is -3.81. The van der Waals surface area contributed by atoms with Gasteiger partial charge in [0.2, 0.25) is 5.91 Å². The van der Waals surface area contributed by atoms with E-state index in [2.05, 4.69) is 16.0 Å². The van der Waals surface area contributed by atoms with Gasteiger partial charge in [-0.2, -0.15) is 13.2 Å². The molecular formula is C27H35F3N4O7. The van der Waals surface area contributed by atoms with Crippen molar-refractivity contribution in [2.45, 2.75) is 77.2 Å². The zero-order valence-corrected chi connectivity index (χ0v) is 23.0.